The van der Waals surface area contributed by atoms with Gasteiger partial charge in [0.2, 0.25) is 0 Å². The average Bonchev–Trinajstić information content (AvgIpc) is 2.68. The standard InChI is InChI=1S/C13H16N2OS/c1-11(2)10(16)12(3,4)13(11)9(6-15)8(5-14)7-17-13/h8-9H,7H2,1-4H3/t8-,9+/m0/s1. The molecular weight excluding hydrogens is 232 g/mol. The van der Waals surface area contributed by atoms with E-state index in [0.717, 1.165) is 0 Å². The molecule has 1 aliphatic heterocycles. The molecule has 0 aromatic rings. The number of ketones is 1. The van der Waals surface area contributed by atoms with Crippen LogP contribution in [0.25, 0.3) is 0 Å². The zero-order valence-electron chi connectivity index (χ0n) is 10.6. The number of carbonyl (C=O) groups excluding carboxylic acids is 1. The van der Waals surface area contributed by atoms with Crippen LogP contribution in [-0.2, 0) is 4.79 Å². The van der Waals surface area contributed by atoms with E-state index >= 15 is 0 Å². The molecule has 0 aromatic carbocycles. The monoisotopic (exact) mass is 248 g/mol. The first-order chi connectivity index (χ1) is 7.77. The third-order valence-corrected chi connectivity index (χ3v) is 6.88. The molecule has 1 saturated heterocycles. The molecule has 1 spiro atoms. The first kappa shape index (κ1) is 12.5. The smallest absolute Gasteiger partial charge is 0.146 e. The number of thioether (sulfide) groups is 1. The minimum atomic E-state index is -0.507. The molecule has 0 N–H and O–H groups in total. The Labute approximate surface area is 106 Å². The van der Waals surface area contributed by atoms with Gasteiger partial charge in [-0.3, -0.25) is 4.79 Å². The fourth-order valence-electron chi connectivity index (χ4n) is 3.96. The highest BCUT2D eigenvalue weighted by Crippen LogP contribution is 2.72. The molecule has 2 aliphatic rings. The van der Waals surface area contributed by atoms with E-state index in [1.165, 1.54) is 0 Å². The van der Waals surface area contributed by atoms with E-state index in [1.54, 1.807) is 11.8 Å². The van der Waals surface area contributed by atoms with Crippen molar-refractivity contribution in [2.45, 2.75) is 32.4 Å². The predicted octanol–water partition coefficient (Wildman–Crippen LogP) is 2.39. The molecule has 3 nitrogen and oxygen atoms in total. The maximum Gasteiger partial charge on any atom is 0.146 e. The number of Topliss-reactive ketones (excluding diaryl/α,β-unsaturated/α-hetero) is 1. The highest BCUT2D eigenvalue weighted by Gasteiger charge is 2.78. The van der Waals surface area contributed by atoms with Gasteiger partial charge < -0.3 is 0 Å². The molecule has 0 bridgehead atoms. The second-order valence-corrected chi connectivity index (χ2v) is 7.23. The number of nitriles is 2. The minimum absolute atomic E-state index is 0.205. The third-order valence-electron chi connectivity index (χ3n) is 4.63. The molecule has 0 amide bonds. The molecule has 2 atom stereocenters. The van der Waals surface area contributed by atoms with E-state index < -0.39 is 15.6 Å². The molecule has 0 radical (unpaired) electrons. The van der Waals surface area contributed by atoms with Crippen molar-refractivity contribution in [1.82, 2.24) is 0 Å². The van der Waals surface area contributed by atoms with Crippen molar-refractivity contribution in [3.05, 3.63) is 0 Å². The van der Waals surface area contributed by atoms with E-state index in [0.29, 0.717) is 5.75 Å². The Bertz CT molecular complexity index is 449. The summed E-state index contributed by atoms with van der Waals surface area (Å²) in [5, 5.41) is 18.5. The maximum absolute atomic E-state index is 12.2. The highest BCUT2D eigenvalue weighted by molar-refractivity contribution is 8.01. The summed E-state index contributed by atoms with van der Waals surface area (Å²) in [4.78, 5) is 12.2. The zero-order chi connectivity index (χ0) is 13.1. The summed E-state index contributed by atoms with van der Waals surface area (Å²) < 4.78 is -0.397. The van der Waals surface area contributed by atoms with Crippen molar-refractivity contribution < 1.29 is 4.79 Å². The Hall–Kier alpha value is -1.00. The predicted molar refractivity (Wildman–Crippen MR) is 66.0 cm³/mol. The Kier molecular flexibility index (Phi) is 2.39. The SMILES string of the molecule is CC1(C)C(=O)C(C)(C)C12SC[C@H](C#N)[C@H]2C#N. The summed E-state index contributed by atoms with van der Waals surface area (Å²) in [6.45, 7) is 7.66. The zero-order valence-corrected chi connectivity index (χ0v) is 11.4. The number of hydrogen-bond acceptors (Lipinski definition) is 4. The van der Waals surface area contributed by atoms with Crippen LogP contribution in [0.2, 0.25) is 0 Å². The molecule has 0 unspecified atom stereocenters. The van der Waals surface area contributed by atoms with Crippen LogP contribution in [0.4, 0.5) is 0 Å². The van der Waals surface area contributed by atoms with Crippen LogP contribution in [0.3, 0.4) is 0 Å². The number of rotatable bonds is 0. The van der Waals surface area contributed by atoms with Crippen LogP contribution < -0.4 is 0 Å². The van der Waals surface area contributed by atoms with Crippen LogP contribution >= 0.6 is 11.8 Å². The summed E-state index contributed by atoms with van der Waals surface area (Å²) in [5.74, 6) is 0.266. The molecule has 2 rings (SSSR count). The van der Waals surface area contributed by atoms with Gasteiger partial charge in [-0.15, -0.1) is 0 Å². The summed E-state index contributed by atoms with van der Waals surface area (Å²) in [7, 11) is 0. The molecule has 2 fully saturated rings. The topological polar surface area (TPSA) is 64.7 Å². The first-order valence-corrected chi connectivity index (χ1v) is 6.74. The number of nitrogens with zero attached hydrogens (tertiary/aromatic N) is 2. The van der Waals surface area contributed by atoms with Crippen molar-refractivity contribution in [1.29, 1.82) is 10.5 Å². The lowest BCUT2D eigenvalue weighted by Gasteiger charge is -2.64. The second kappa shape index (κ2) is 3.27. The first-order valence-electron chi connectivity index (χ1n) is 5.75. The summed E-state index contributed by atoms with van der Waals surface area (Å²) in [6, 6.07) is 4.52. The molecule has 4 heteroatoms. The Balaban J connectivity index is 2.55. The van der Waals surface area contributed by atoms with E-state index in [9.17, 15) is 10.1 Å². The van der Waals surface area contributed by atoms with Crippen LogP contribution in [0.1, 0.15) is 27.7 Å². The fourth-order valence-corrected chi connectivity index (χ4v) is 5.97. The van der Waals surface area contributed by atoms with Crippen molar-refractivity contribution in [2.75, 3.05) is 5.75 Å². The molecule has 17 heavy (non-hydrogen) atoms. The third kappa shape index (κ3) is 1.06. The van der Waals surface area contributed by atoms with Gasteiger partial charge in [0.1, 0.15) is 5.78 Å². The molecular formula is C13H16N2OS. The van der Waals surface area contributed by atoms with Crippen LogP contribution in [0.15, 0.2) is 0 Å². The van der Waals surface area contributed by atoms with E-state index in [1.807, 2.05) is 27.7 Å². The summed E-state index contributed by atoms with van der Waals surface area (Å²) in [6.07, 6.45) is 0. The van der Waals surface area contributed by atoms with Crippen molar-refractivity contribution in [2.24, 2.45) is 22.7 Å². The molecule has 1 aliphatic carbocycles. The van der Waals surface area contributed by atoms with E-state index in [2.05, 4.69) is 12.1 Å². The van der Waals surface area contributed by atoms with Crippen molar-refractivity contribution in [3.8, 4) is 12.1 Å². The highest BCUT2D eigenvalue weighted by atomic mass is 32.2. The molecule has 1 heterocycles. The summed E-state index contributed by atoms with van der Waals surface area (Å²) >= 11 is 1.65. The molecule has 1 saturated carbocycles. The Morgan fingerprint density at radius 2 is 1.71 bits per heavy atom. The summed E-state index contributed by atoms with van der Waals surface area (Å²) in [5.41, 5.74) is -1.01. The van der Waals surface area contributed by atoms with E-state index in [-0.39, 0.29) is 17.6 Å². The largest absolute Gasteiger partial charge is 0.298 e. The molecule has 90 valence electrons. The maximum atomic E-state index is 12.2. The van der Waals surface area contributed by atoms with Gasteiger partial charge in [0.15, 0.2) is 0 Å². The van der Waals surface area contributed by atoms with Crippen LogP contribution in [-0.4, -0.2) is 16.3 Å². The van der Waals surface area contributed by atoms with Crippen molar-refractivity contribution in [3.63, 3.8) is 0 Å². The van der Waals surface area contributed by atoms with Gasteiger partial charge in [-0.25, -0.2) is 0 Å². The van der Waals surface area contributed by atoms with Gasteiger partial charge >= 0.3 is 0 Å². The quantitative estimate of drug-likeness (QED) is 0.660. The number of hydrogen-bond donors (Lipinski definition) is 0. The lowest BCUT2D eigenvalue weighted by atomic mass is 9.42. The van der Waals surface area contributed by atoms with Gasteiger partial charge in [-0.2, -0.15) is 22.3 Å². The Morgan fingerprint density at radius 1 is 1.18 bits per heavy atom. The van der Waals surface area contributed by atoms with Gasteiger partial charge in [0.25, 0.3) is 0 Å². The van der Waals surface area contributed by atoms with E-state index in [4.69, 9.17) is 5.26 Å². The average molecular weight is 248 g/mol. The van der Waals surface area contributed by atoms with Crippen molar-refractivity contribution >= 4 is 17.5 Å². The van der Waals surface area contributed by atoms with Gasteiger partial charge in [0, 0.05) is 16.6 Å². The van der Waals surface area contributed by atoms with Crippen LogP contribution in [0, 0.1) is 45.3 Å². The minimum Gasteiger partial charge on any atom is -0.298 e. The fraction of sp³-hybridized carbons (Fsp3) is 0.769. The van der Waals surface area contributed by atoms with Gasteiger partial charge in [-0.05, 0) is 0 Å². The van der Waals surface area contributed by atoms with Gasteiger partial charge in [-0.1, -0.05) is 27.7 Å². The van der Waals surface area contributed by atoms with Gasteiger partial charge in [0.05, 0.1) is 28.7 Å². The van der Waals surface area contributed by atoms with Crippen LogP contribution in [0.5, 0.6) is 0 Å². The lowest BCUT2D eigenvalue weighted by molar-refractivity contribution is -0.163. The second-order valence-electron chi connectivity index (χ2n) is 5.97. The number of carbonyl (C=O) groups is 1. The Morgan fingerprint density at radius 3 is 2.12 bits per heavy atom. The molecule has 0 aromatic heterocycles. The lowest BCUT2D eigenvalue weighted by Crippen LogP contribution is -2.74. The normalized spacial score (nSPS) is 36.0.